The van der Waals surface area contributed by atoms with E-state index in [0.717, 1.165) is 6.42 Å². The van der Waals surface area contributed by atoms with Gasteiger partial charge in [0.25, 0.3) is 0 Å². The van der Waals surface area contributed by atoms with Crippen LogP contribution in [0.2, 0.25) is 0 Å². The summed E-state index contributed by atoms with van der Waals surface area (Å²) in [6, 6.07) is 0. The van der Waals surface area contributed by atoms with Crippen LogP contribution >= 0.6 is 11.6 Å². The maximum atomic E-state index is 6.59. The monoisotopic (exact) mass is 270 g/mol. The zero-order valence-corrected chi connectivity index (χ0v) is 12.3. The van der Waals surface area contributed by atoms with E-state index in [1.165, 1.54) is 70.6 Å². The lowest BCUT2D eigenvalue weighted by molar-refractivity contribution is -0.152. The van der Waals surface area contributed by atoms with E-state index in [0.29, 0.717) is 23.0 Å². The van der Waals surface area contributed by atoms with Gasteiger partial charge in [0.1, 0.15) is 0 Å². The third-order valence-corrected chi connectivity index (χ3v) is 6.24. The average molecular weight is 271 g/mol. The van der Waals surface area contributed by atoms with Crippen LogP contribution in [0.25, 0.3) is 0 Å². The van der Waals surface area contributed by atoms with Crippen LogP contribution in [0.5, 0.6) is 0 Å². The molecule has 0 saturated heterocycles. The average Bonchev–Trinajstić information content (AvgIpc) is 2.67. The normalized spacial score (nSPS) is 37.2. The first-order chi connectivity index (χ1) is 8.81. The van der Waals surface area contributed by atoms with Crippen LogP contribution in [0, 0.1) is 5.41 Å². The first-order valence-corrected chi connectivity index (χ1v) is 8.54. The van der Waals surface area contributed by atoms with Crippen molar-refractivity contribution < 1.29 is 4.74 Å². The second kappa shape index (κ2) is 5.71. The second-order valence-electron chi connectivity index (χ2n) is 6.74. The highest BCUT2D eigenvalue weighted by Crippen LogP contribution is 2.55. The van der Waals surface area contributed by atoms with Crippen molar-refractivity contribution in [2.24, 2.45) is 5.41 Å². The molecule has 0 aromatic rings. The summed E-state index contributed by atoms with van der Waals surface area (Å²) in [4.78, 5) is 0. The minimum atomic E-state index is 0.357. The minimum absolute atomic E-state index is 0.357. The molecule has 0 aromatic heterocycles. The van der Waals surface area contributed by atoms with Crippen molar-refractivity contribution in [2.45, 2.75) is 94.6 Å². The van der Waals surface area contributed by atoms with E-state index in [1.54, 1.807) is 0 Å². The molecular weight excluding hydrogens is 244 g/mol. The van der Waals surface area contributed by atoms with Gasteiger partial charge in [-0.1, -0.05) is 44.9 Å². The summed E-state index contributed by atoms with van der Waals surface area (Å²) >= 11 is 6.59. The molecule has 3 aliphatic carbocycles. The molecule has 0 aromatic carbocycles. The predicted molar refractivity (Wildman–Crippen MR) is 76.1 cm³/mol. The summed E-state index contributed by atoms with van der Waals surface area (Å²) in [7, 11) is 0. The zero-order chi connectivity index (χ0) is 12.4. The van der Waals surface area contributed by atoms with Crippen molar-refractivity contribution in [1.29, 1.82) is 0 Å². The molecule has 3 rings (SSSR count). The fourth-order valence-corrected chi connectivity index (χ4v) is 4.87. The van der Waals surface area contributed by atoms with Gasteiger partial charge in [-0.2, -0.15) is 0 Å². The smallest absolute Gasteiger partial charge is 0.0663 e. The highest BCUT2D eigenvalue weighted by molar-refractivity contribution is 6.21. The Kier molecular flexibility index (Phi) is 4.20. The molecule has 2 atom stereocenters. The molecule has 3 aliphatic rings. The van der Waals surface area contributed by atoms with Crippen molar-refractivity contribution in [3.05, 3.63) is 0 Å². The van der Waals surface area contributed by atoms with Crippen molar-refractivity contribution >= 4 is 11.6 Å². The third kappa shape index (κ3) is 2.45. The van der Waals surface area contributed by atoms with Gasteiger partial charge < -0.3 is 4.74 Å². The summed E-state index contributed by atoms with van der Waals surface area (Å²) < 4.78 is 6.46. The summed E-state index contributed by atoms with van der Waals surface area (Å²) in [5, 5.41) is 0.393. The van der Waals surface area contributed by atoms with Crippen molar-refractivity contribution in [2.75, 3.05) is 0 Å². The number of alkyl halides is 1. The van der Waals surface area contributed by atoms with Crippen LogP contribution in [0.1, 0.15) is 77.0 Å². The molecular formula is C16H27ClO. The van der Waals surface area contributed by atoms with Gasteiger partial charge in [-0.25, -0.2) is 0 Å². The molecule has 0 radical (unpaired) electrons. The maximum absolute atomic E-state index is 6.59. The van der Waals surface area contributed by atoms with Crippen LogP contribution in [-0.2, 0) is 4.74 Å². The summed E-state index contributed by atoms with van der Waals surface area (Å²) in [5.41, 5.74) is 0.357. The minimum Gasteiger partial charge on any atom is -0.374 e. The molecule has 0 N–H and O–H groups in total. The van der Waals surface area contributed by atoms with E-state index in [-0.39, 0.29) is 0 Å². The lowest BCUT2D eigenvalue weighted by atomic mass is 9.61. The van der Waals surface area contributed by atoms with Gasteiger partial charge in [0.15, 0.2) is 0 Å². The van der Waals surface area contributed by atoms with Crippen LogP contribution in [0.3, 0.4) is 0 Å². The molecule has 1 spiro atoms. The van der Waals surface area contributed by atoms with E-state index in [1.807, 2.05) is 0 Å². The Balaban J connectivity index is 1.61. The summed E-state index contributed by atoms with van der Waals surface area (Å²) in [6.07, 6.45) is 17.1. The van der Waals surface area contributed by atoms with E-state index >= 15 is 0 Å². The molecule has 0 amide bonds. The lowest BCUT2D eigenvalue weighted by Gasteiger charge is -2.54. The number of halogens is 1. The number of hydrogen-bond acceptors (Lipinski definition) is 1. The molecule has 0 heterocycles. The number of rotatable bonds is 2. The molecule has 3 fully saturated rings. The molecule has 0 bridgehead atoms. The van der Waals surface area contributed by atoms with Crippen molar-refractivity contribution in [3.63, 3.8) is 0 Å². The third-order valence-electron chi connectivity index (χ3n) is 5.63. The highest BCUT2D eigenvalue weighted by Gasteiger charge is 2.54. The molecule has 2 unspecified atom stereocenters. The molecule has 18 heavy (non-hydrogen) atoms. The number of ether oxygens (including phenoxy) is 1. The van der Waals surface area contributed by atoms with Gasteiger partial charge in [-0.3, -0.25) is 0 Å². The fourth-order valence-electron chi connectivity index (χ4n) is 4.35. The van der Waals surface area contributed by atoms with Crippen LogP contribution in [-0.4, -0.2) is 17.6 Å². The molecule has 2 heteroatoms. The zero-order valence-electron chi connectivity index (χ0n) is 11.5. The van der Waals surface area contributed by atoms with Gasteiger partial charge in [0, 0.05) is 10.8 Å². The Morgan fingerprint density at radius 3 is 2.06 bits per heavy atom. The quantitative estimate of drug-likeness (QED) is 0.638. The van der Waals surface area contributed by atoms with E-state index in [2.05, 4.69) is 0 Å². The number of hydrogen-bond donors (Lipinski definition) is 0. The molecule has 0 aliphatic heterocycles. The standard InChI is InChI=1S/C16H27ClO/c17-14-12-15(18-13-8-4-3-5-9-13)16(14)10-6-1-2-7-11-16/h13-15H,1-12H2. The Morgan fingerprint density at radius 1 is 0.833 bits per heavy atom. The SMILES string of the molecule is ClC1CC(OC2CCCCC2)C12CCCCCC2. The van der Waals surface area contributed by atoms with E-state index < -0.39 is 0 Å². The van der Waals surface area contributed by atoms with Crippen LogP contribution in [0.4, 0.5) is 0 Å². The van der Waals surface area contributed by atoms with Gasteiger partial charge in [-0.05, 0) is 32.1 Å². The van der Waals surface area contributed by atoms with Crippen LogP contribution in [0.15, 0.2) is 0 Å². The Labute approximate surface area is 117 Å². The van der Waals surface area contributed by atoms with E-state index in [9.17, 15) is 0 Å². The van der Waals surface area contributed by atoms with E-state index in [4.69, 9.17) is 16.3 Å². The topological polar surface area (TPSA) is 9.23 Å². The molecule has 1 nitrogen and oxygen atoms in total. The first kappa shape index (κ1) is 13.2. The Hall–Kier alpha value is 0.250. The first-order valence-electron chi connectivity index (χ1n) is 8.11. The van der Waals surface area contributed by atoms with Gasteiger partial charge >= 0.3 is 0 Å². The van der Waals surface area contributed by atoms with Crippen LogP contribution < -0.4 is 0 Å². The maximum Gasteiger partial charge on any atom is 0.0663 e. The highest BCUT2D eigenvalue weighted by atomic mass is 35.5. The molecule has 3 saturated carbocycles. The molecule has 104 valence electrons. The second-order valence-corrected chi connectivity index (χ2v) is 7.26. The van der Waals surface area contributed by atoms with Gasteiger partial charge in [0.2, 0.25) is 0 Å². The predicted octanol–water partition coefficient (Wildman–Crippen LogP) is 5.06. The largest absolute Gasteiger partial charge is 0.374 e. The van der Waals surface area contributed by atoms with Crippen molar-refractivity contribution in [3.8, 4) is 0 Å². The Morgan fingerprint density at radius 2 is 1.44 bits per heavy atom. The summed E-state index contributed by atoms with van der Waals surface area (Å²) in [5.74, 6) is 0. The summed E-state index contributed by atoms with van der Waals surface area (Å²) in [6.45, 7) is 0. The lowest BCUT2D eigenvalue weighted by Crippen LogP contribution is -2.56. The van der Waals surface area contributed by atoms with Crippen molar-refractivity contribution in [1.82, 2.24) is 0 Å². The van der Waals surface area contributed by atoms with Gasteiger partial charge in [-0.15, -0.1) is 11.6 Å². The Bertz CT molecular complexity index is 264. The fraction of sp³-hybridized carbons (Fsp3) is 1.00. The van der Waals surface area contributed by atoms with Gasteiger partial charge in [0.05, 0.1) is 12.2 Å².